The maximum atomic E-state index is 12.6. The van der Waals surface area contributed by atoms with Crippen molar-refractivity contribution in [2.75, 3.05) is 26.4 Å². The number of benzene rings is 2. The molecule has 4 rings (SSSR count). The van der Waals surface area contributed by atoms with E-state index in [1.54, 1.807) is 36.5 Å². The lowest BCUT2D eigenvalue weighted by Crippen LogP contribution is -2.29. The Hall–Kier alpha value is -2.36. The van der Waals surface area contributed by atoms with Crippen molar-refractivity contribution in [3.63, 3.8) is 0 Å². The highest BCUT2D eigenvalue weighted by Gasteiger charge is 2.25. The lowest BCUT2D eigenvalue weighted by atomic mass is 9.89. The van der Waals surface area contributed by atoms with E-state index in [2.05, 4.69) is 11.9 Å². The van der Waals surface area contributed by atoms with Gasteiger partial charge in [0.2, 0.25) is 10.0 Å². The van der Waals surface area contributed by atoms with Crippen molar-refractivity contribution in [3.8, 4) is 5.75 Å². The van der Waals surface area contributed by atoms with Gasteiger partial charge >= 0.3 is 10.1 Å². The second-order valence-corrected chi connectivity index (χ2v) is 11.2. The summed E-state index contributed by atoms with van der Waals surface area (Å²) >= 11 is 0. The van der Waals surface area contributed by atoms with Gasteiger partial charge in [0.25, 0.3) is 0 Å². The number of piperidine rings is 1. The number of nitrogens with zero attached hydrogens (tertiary/aromatic N) is 2. The highest BCUT2D eigenvalue weighted by molar-refractivity contribution is 7.89. The molecule has 0 bridgehead atoms. The minimum Gasteiger partial charge on any atom is -0.379 e. The van der Waals surface area contributed by atoms with Gasteiger partial charge in [0.15, 0.2) is 0 Å². The van der Waals surface area contributed by atoms with Crippen LogP contribution < -0.4 is 4.18 Å². The fourth-order valence-electron chi connectivity index (χ4n) is 3.94. The van der Waals surface area contributed by atoms with Crippen LogP contribution >= 0.6 is 0 Å². The highest BCUT2D eigenvalue weighted by atomic mass is 32.2. The van der Waals surface area contributed by atoms with Crippen molar-refractivity contribution in [1.82, 2.24) is 8.87 Å². The molecule has 160 valence electrons. The summed E-state index contributed by atoms with van der Waals surface area (Å²) in [7, 11) is -5.42. The Bertz CT molecular complexity index is 1270. The Morgan fingerprint density at radius 3 is 2.27 bits per heavy atom. The van der Waals surface area contributed by atoms with Gasteiger partial charge in [-0.2, -0.15) is 8.42 Å². The van der Waals surface area contributed by atoms with E-state index in [9.17, 15) is 16.8 Å². The summed E-state index contributed by atoms with van der Waals surface area (Å²) in [5, 5.41) is 0.704. The first-order valence-electron chi connectivity index (χ1n) is 9.69. The van der Waals surface area contributed by atoms with E-state index >= 15 is 0 Å². The van der Waals surface area contributed by atoms with E-state index in [1.165, 1.54) is 22.2 Å². The molecule has 2 heterocycles. The van der Waals surface area contributed by atoms with Crippen LogP contribution in [-0.2, 0) is 20.1 Å². The largest absolute Gasteiger partial charge is 0.379 e. The number of fused-ring (bicyclic) bond motifs is 1. The molecule has 0 radical (unpaired) electrons. The van der Waals surface area contributed by atoms with Crippen molar-refractivity contribution in [3.05, 3.63) is 60.3 Å². The third-order valence-corrected chi connectivity index (χ3v) is 7.80. The predicted molar refractivity (Wildman–Crippen MR) is 116 cm³/mol. The van der Waals surface area contributed by atoms with Gasteiger partial charge in [-0.05, 0) is 74.8 Å². The second kappa shape index (κ2) is 7.72. The summed E-state index contributed by atoms with van der Waals surface area (Å²) in [5.74, 6) is 0.361. The molecule has 1 aliphatic heterocycles. The van der Waals surface area contributed by atoms with Crippen LogP contribution in [0.3, 0.4) is 0 Å². The first kappa shape index (κ1) is 20.9. The number of rotatable bonds is 5. The van der Waals surface area contributed by atoms with Crippen molar-refractivity contribution in [2.24, 2.45) is 0 Å². The zero-order chi connectivity index (χ0) is 21.5. The Kier molecular flexibility index (Phi) is 5.37. The maximum Gasteiger partial charge on any atom is 0.339 e. The molecule has 1 saturated heterocycles. The maximum absolute atomic E-state index is 12.6. The second-order valence-electron chi connectivity index (χ2n) is 7.75. The zero-order valence-electron chi connectivity index (χ0n) is 16.9. The topological polar surface area (TPSA) is 85.7 Å². The SMILES string of the molecule is CN1CCC(c2cn(S(C)(=O)=O)c3ccc(OS(=O)(=O)c4ccccc4)cc23)CC1. The molecule has 1 aromatic heterocycles. The van der Waals surface area contributed by atoms with Crippen LogP contribution in [0.4, 0.5) is 0 Å². The molecule has 0 saturated carbocycles. The summed E-state index contributed by atoms with van der Waals surface area (Å²) in [6.45, 7) is 1.85. The molecule has 30 heavy (non-hydrogen) atoms. The minimum atomic E-state index is -3.98. The summed E-state index contributed by atoms with van der Waals surface area (Å²) in [4.78, 5) is 2.31. The van der Waals surface area contributed by atoms with E-state index in [0.717, 1.165) is 37.8 Å². The van der Waals surface area contributed by atoms with Gasteiger partial charge in [0, 0.05) is 11.6 Å². The Morgan fingerprint density at radius 2 is 1.63 bits per heavy atom. The lowest BCUT2D eigenvalue weighted by Gasteiger charge is -2.28. The van der Waals surface area contributed by atoms with E-state index in [1.807, 2.05) is 0 Å². The van der Waals surface area contributed by atoms with Crippen molar-refractivity contribution >= 4 is 31.0 Å². The Labute approximate surface area is 177 Å². The smallest absolute Gasteiger partial charge is 0.339 e. The lowest BCUT2D eigenvalue weighted by molar-refractivity contribution is 0.256. The quantitative estimate of drug-likeness (QED) is 0.558. The normalized spacial score (nSPS) is 16.7. The molecule has 0 atom stereocenters. The van der Waals surface area contributed by atoms with Gasteiger partial charge in [0.05, 0.1) is 11.8 Å². The van der Waals surface area contributed by atoms with E-state index in [0.29, 0.717) is 10.9 Å². The fourth-order valence-corrected chi connectivity index (χ4v) is 5.70. The van der Waals surface area contributed by atoms with Crippen molar-refractivity contribution in [1.29, 1.82) is 0 Å². The average molecular weight is 449 g/mol. The first-order valence-corrected chi connectivity index (χ1v) is 12.9. The van der Waals surface area contributed by atoms with Crippen molar-refractivity contribution < 1.29 is 21.0 Å². The van der Waals surface area contributed by atoms with Crippen LogP contribution in [0.25, 0.3) is 10.9 Å². The molecule has 0 unspecified atom stereocenters. The van der Waals surface area contributed by atoms with Crippen LogP contribution in [0, 0.1) is 0 Å². The minimum absolute atomic E-state index is 0.0642. The monoisotopic (exact) mass is 448 g/mol. The van der Waals surface area contributed by atoms with Crippen LogP contribution in [-0.4, -0.2) is 52.1 Å². The van der Waals surface area contributed by atoms with E-state index in [-0.39, 0.29) is 16.6 Å². The molecule has 9 heteroatoms. The fraction of sp³-hybridized carbons (Fsp3) is 0.333. The summed E-state index contributed by atoms with van der Waals surface area (Å²) in [5.41, 5.74) is 1.43. The summed E-state index contributed by atoms with van der Waals surface area (Å²) in [6, 6.07) is 12.6. The predicted octanol–water partition coefficient (Wildman–Crippen LogP) is 3.03. The first-order chi connectivity index (χ1) is 14.1. The average Bonchev–Trinajstić information content (AvgIpc) is 3.08. The molecule has 2 aromatic carbocycles. The molecule has 3 aromatic rings. The molecule has 1 fully saturated rings. The molecule has 0 N–H and O–H groups in total. The molecular formula is C21H24N2O5S2. The molecule has 0 amide bonds. The highest BCUT2D eigenvalue weighted by Crippen LogP contribution is 2.36. The number of likely N-dealkylation sites (tertiary alicyclic amines) is 1. The summed E-state index contributed by atoms with van der Waals surface area (Å²) in [6.07, 6.45) is 4.65. The third-order valence-electron chi connectivity index (χ3n) is 5.53. The molecular weight excluding hydrogens is 424 g/mol. The van der Waals surface area contributed by atoms with Gasteiger partial charge in [0.1, 0.15) is 10.6 Å². The molecule has 7 nitrogen and oxygen atoms in total. The van der Waals surface area contributed by atoms with Gasteiger partial charge in [-0.15, -0.1) is 0 Å². The van der Waals surface area contributed by atoms with Crippen molar-refractivity contribution in [2.45, 2.75) is 23.7 Å². The van der Waals surface area contributed by atoms with Crippen LogP contribution in [0.1, 0.15) is 24.3 Å². The molecule has 0 spiro atoms. The third kappa shape index (κ3) is 4.10. The Balaban J connectivity index is 1.78. The van der Waals surface area contributed by atoms with Crippen LogP contribution in [0.5, 0.6) is 5.75 Å². The molecule has 1 aliphatic rings. The van der Waals surface area contributed by atoms with Gasteiger partial charge in [-0.3, -0.25) is 0 Å². The van der Waals surface area contributed by atoms with E-state index < -0.39 is 20.1 Å². The van der Waals surface area contributed by atoms with Gasteiger partial charge < -0.3 is 9.08 Å². The summed E-state index contributed by atoms with van der Waals surface area (Å²) < 4.78 is 56.5. The Morgan fingerprint density at radius 1 is 0.967 bits per heavy atom. The van der Waals surface area contributed by atoms with Crippen LogP contribution in [0.2, 0.25) is 0 Å². The van der Waals surface area contributed by atoms with Crippen LogP contribution in [0.15, 0.2) is 59.6 Å². The van der Waals surface area contributed by atoms with E-state index in [4.69, 9.17) is 4.18 Å². The number of hydrogen-bond donors (Lipinski definition) is 0. The number of aromatic nitrogens is 1. The van der Waals surface area contributed by atoms with Gasteiger partial charge in [-0.1, -0.05) is 18.2 Å². The molecule has 0 aliphatic carbocycles. The zero-order valence-corrected chi connectivity index (χ0v) is 18.5. The number of hydrogen-bond acceptors (Lipinski definition) is 6. The standard InChI is InChI=1S/C21H24N2O5S2/c1-22-12-10-16(11-13-22)20-15-23(29(2,24)25)21-9-8-17(14-19(20)21)28-30(26,27)18-6-4-3-5-7-18/h3-9,14-16H,10-13H2,1-2H3. The van der Waals surface area contributed by atoms with Gasteiger partial charge in [-0.25, -0.2) is 12.4 Å².